The molecule has 0 heterocycles. The lowest BCUT2D eigenvalue weighted by molar-refractivity contribution is -0.140. The normalized spacial score (nSPS) is 11.0. The van der Waals surface area contributed by atoms with Crippen molar-refractivity contribution >= 4 is 29.9 Å². The summed E-state index contributed by atoms with van der Waals surface area (Å²) in [6.07, 6.45) is -1.30. The molecule has 0 saturated carbocycles. The summed E-state index contributed by atoms with van der Waals surface area (Å²) in [6.45, 7) is -0.998. The number of nitrogens with one attached hydrogen (secondary N) is 2. The topological polar surface area (TPSA) is 207 Å². The second-order valence-corrected chi connectivity index (χ2v) is 8.51. The first-order valence-corrected chi connectivity index (χ1v) is 12.3. The van der Waals surface area contributed by atoms with Crippen molar-refractivity contribution in [3.8, 4) is 0 Å². The van der Waals surface area contributed by atoms with Gasteiger partial charge in [0.1, 0.15) is 12.1 Å². The lowest BCUT2D eigenvalue weighted by Crippen LogP contribution is -2.58. The van der Waals surface area contributed by atoms with Crippen LogP contribution in [0.1, 0.15) is 37.7 Å². The number of carboxylic acid groups (broad SMARTS) is 3. The maximum atomic E-state index is 12.7. The fraction of sp³-hybridized carbons (Fsp3) is 0.560. The zero-order valence-corrected chi connectivity index (χ0v) is 21.6. The Hall–Kier alpha value is -3.75. The molecule has 0 saturated heterocycles. The van der Waals surface area contributed by atoms with Crippen LogP contribution in [0.5, 0.6) is 0 Å². The fourth-order valence-electron chi connectivity index (χ4n) is 3.09. The van der Waals surface area contributed by atoms with Crippen molar-refractivity contribution in [2.24, 2.45) is 0 Å². The molecule has 2 amide bonds. The Morgan fingerprint density at radius 1 is 0.718 bits per heavy atom. The number of rotatable bonds is 22. The highest BCUT2D eigenvalue weighted by molar-refractivity contribution is 5.77. The molecule has 0 radical (unpaired) electrons. The molecule has 14 heteroatoms. The van der Waals surface area contributed by atoms with E-state index in [1.165, 1.54) is 0 Å². The van der Waals surface area contributed by atoms with E-state index in [4.69, 9.17) is 34.3 Å². The van der Waals surface area contributed by atoms with E-state index >= 15 is 0 Å². The SMILES string of the molecule is O=C(O)CCOCC(COCCC(=O)O)(COCCC(=O)O)NC(=O)CCCNC(=O)OCc1ccccc1. The second kappa shape index (κ2) is 19.3. The summed E-state index contributed by atoms with van der Waals surface area (Å²) in [6, 6.07) is 9.11. The van der Waals surface area contributed by atoms with Gasteiger partial charge < -0.3 is 44.9 Å². The first-order chi connectivity index (χ1) is 18.6. The average Bonchev–Trinajstić information content (AvgIpc) is 2.88. The number of aliphatic carboxylic acids is 3. The van der Waals surface area contributed by atoms with Gasteiger partial charge in [-0.1, -0.05) is 30.3 Å². The number of carboxylic acids is 3. The van der Waals surface area contributed by atoms with Crippen molar-refractivity contribution in [1.29, 1.82) is 0 Å². The van der Waals surface area contributed by atoms with E-state index < -0.39 is 35.4 Å². The molecule has 39 heavy (non-hydrogen) atoms. The van der Waals surface area contributed by atoms with Gasteiger partial charge in [-0.05, 0) is 12.0 Å². The zero-order valence-electron chi connectivity index (χ0n) is 21.6. The third-order valence-corrected chi connectivity index (χ3v) is 4.98. The standard InChI is InChI=1S/C25H36N2O12/c28-20(7-4-11-26-24(35)39-15-19-5-2-1-3-6-19)27-25(16-36-12-8-21(29)30,17-37-13-9-22(31)32)18-38-14-10-23(33)34/h1-3,5-6H,4,7-18H2,(H,26,35)(H,27,28)(H,29,30)(H,31,32)(H,33,34). The number of hydrogen-bond acceptors (Lipinski definition) is 9. The van der Waals surface area contributed by atoms with Crippen LogP contribution in [-0.4, -0.2) is 97.0 Å². The number of hydrogen-bond donors (Lipinski definition) is 5. The quantitative estimate of drug-likeness (QED) is 0.127. The molecule has 0 fully saturated rings. The molecule has 5 N–H and O–H groups in total. The van der Waals surface area contributed by atoms with Crippen molar-refractivity contribution in [1.82, 2.24) is 10.6 Å². The van der Waals surface area contributed by atoms with E-state index in [9.17, 15) is 24.0 Å². The Morgan fingerprint density at radius 2 is 1.21 bits per heavy atom. The number of amides is 2. The number of ether oxygens (including phenoxy) is 4. The lowest BCUT2D eigenvalue weighted by atomic mass is 10.0. The van der Waals surface area contributed by atoms with Gasteiger partial charge in [0.15, 0.2) is 0 Å². The predicted octanol–water partition coefficient (Wildman–Crippen LogP) is 1.02. The summed E-state index contributed by atoms with van der Waals surface area (Å²) < 4.78 is 21.4. The van der Waals surface area contributed by atoms with E-state index in [2.05, 4.69) is 10.6 Å². The van der Waals surface area contributed by atoms with E-state index in [0.29, 0.717) is 0 Å². The molecule has 0 spiro atoms. The summed E-state index contributed by atoms with van der Waals surface area (Å²) >= 11 is 0. The maximum Gasteiger partial charge on any atom is 0.407 e. The summed E-state index contributed by atoms with van der Waals surface area (Å²) in [5.41, 5.74) is -0.528. The first kappa shape index (κ1) is 33.3. The molecule has 1 rings (SSSR count). The fourth-order valence-corrected chi connectivity index (χ4v) is 3.09. The van der Waals surface area contributed by atoms with Crippen molar-refractivity contribution in [3.63, 3.8) is 0 Å². The van der Waals surface area contributed by atoms with Crippen LogP contribution in [0.15, 0.2) is 30.3 Å². The number of carbonyl (C=O) groups is 5. The van der Waals surface area contributed by atoms with E-state index in [-0.39, 0.29) is 84.9 Å². The minimum Gasteiger partial charge on any atom is -0.481 e. The molecule has 218 valence electrons. The molecule has 14 nitrogen and oxygen atoms in total. The highest BCUT2D eigenvalue weighted by Gasteiger charge is 2.34. The second-order valence-electron chi connectivity index (χ2n) is 8.51. The number of alkyl carbamates (subject to hydrolysis) is 1. The van der Waals surface area contributed by atoms with E-state index in [1.54, 1.807) is 0 Å². The maximum absolute atomic E-state index is 12.7. The molecule has 0 aliphatic carbocycles. The van der Waals surface area contributed by atoms with Gasteiger partial charge in [0.25, 0.3) is 0 Å². The van der Waals surface area contributed by atoms with Crippen LogP contribution >= 0.6 is 0 Å². The van der Waals surface area contributed by atoms with Gasteiger partial charge in [0, 0.05) is 13.0 Å². The highest BCUT2D eigenvalue weighted by atomic mass is 16.5. The molecule has 0 aromatic heterocycles. The van der Waals surface area contributed by atoms with Crippen LogP contribution in [0.4, 0.5) is 4.79 Å². The average molecular weight is 557 g/mol. The van der Waals surface area contributed by atoms with Gasteiger partial charge in [0.2, 0.25) is 5.91 Å². The van der Waals surface area contributed by atoms with E-state index in [1.807, 2.05) is 30.3 Å². The molecule has 1 aromatic carbocycles. The Bertz CT molecular complexity index is 855. The Labute approximate surface area is 225 Å². The van der Waals surface area contributed by atoms with Crippen LogP contribution < -0.4 is 10.6 Å². The van der Waals surface area contributed by atoms with Crippen LogP contribution in [0, 0.1) is 0 Å². The molecule has 0 bridgehead atoms. The predicted molar refractivity (Wildman–Crippen MR) is 134 cm³/mol. The van der Waals surface area contributed by atoms with Crippen LogP contribution in [0.3, 0.4) is 0 Å². The van der Waals surface area contributed by atoms with Crippen molar-refractivity contribution in [2.75, 3.05) is 46.2 Å². The first-order valence-electron chi connectivity index (χ1n) is 12.3. The molecule has 0 aliphatic heterocycles. The van der Waals surface area contributed by atoms with Crippen molar-refractivity contribution in [2.45, 2.75) is 44.2 Å². The van der Waals surface area contributed by atoms with Gasteiger partial charge in [-0.25, -0.2) is 4.79 Å². The third kappa shape index (κ3) is 17.4. The Kier molecular flexibility index (Phi) is 16.5. The summed E-state index contributed by atoms with van der Waals surface area (Å²) in [4.78, 5) is 57.0. The largest absolute Gasteiger partial charge is 0.481 e. The van der Waals surface area contributed by atoms with Crippen LogP contribution in [0.25, 0.3) is 0 Å². The summed E-state index contributed by atoms with van der Waals surface area (Å²) in [5.74, 6) is -3.74. The molecule has 0 unspecified atom stereocenters. The van der Waals surface area contributed by atoms with Crippen LogP contribution in [-0.2, 0) is 44.7 Å². The van der Waals surface area contributed by atoms with E-state index in [0.717, 1.165) is 5.56 Å². The van der Waals surface area contributed by atoms with Gasteiger partial charge in [-0.15, -0.1) is 0 Å². The minimum atomic E-state index is -1.35. The summed E-state index contributed by atoms with van der Waals surface area (Å²) in [5, 5.41) is 31.8. The van der Waals surface area contributed by atoms with Crippen LogP contribution in [0.2, 0.25) is 0 Å². The van der Waals surface area contributed by atoms with Gasteiger partial charge >= 0.3 is 24.0 Å². The summed E-state index contributed by atoms with van der Waals surface area (Å²) in [7, 11) is 0. The molecule has 0 atom stereocenters. The monoisotopic (exact) mass is 556 g/mol. The Morgan fingerprint density at radius 3 is 1.67 bits per heavy atom. The van der Waals surface area contributed by atoms with Crippen molar-refractivity contribution in [3.05, 3.63) is 35.9 Å². The third-order valence-electron chi connectivity index (χ3n) is 4.98. The smallest absolute Gasteiger partial charge is 0.407 e. The van der Waals surface area contributed by atoms with Gasteiger partial charge in [0.05, 0.1) is 58.9 Å². The van der Waals surface area contributed by atoms with Crippen molar-refractivity contribution < 1.29 is 58.2 Å². The molecule has 1 aromatic rings. The van der Waals surface area contributed by atoms with Gasteiger partial charge in [-0.3, -0.25) is 19.2 Å². The van der Waals surface area contributed by atoms with Gasteiger partial charge in [-0.2, -0.15) is 0 Å². The highest BCUT2D eigenvalue weighted by Crippen LogP contribution is 2.11. The zero-order chi connectivity index (χ0) is 28.9. The number of carbonyl (C=O) groups excluding carboxylic acids is 2. The minimum absolute atomic E-state index is 0.0277. The lowest BCUT2D eigenvalue weighted by Gasteiger charge is -2.34. The molecular formula is C25H36N2O12. The molecular weight excluding hydrogens is 520 g/mol. The Balaban J connectivity index is 2.66. The number of benzene rings is 1. The molecule has 0 aliphatic rings.